The van der Waals surface area contributed by atoms with Crippen LogP contribution < -0.4 is 0 Å². The molecule has 2 aromatic rings. The second-order valence-electron chi connectivity index (χ2n) is 4.51. The number of halogens is 2. The molecular weight excluding hydrogens is 295 g/mol. The van der Waals surface area contributed by atoms with Crippen LogP contribution >= 0.6 is 23.2 Å². The quantitative estimate of drug-likeness (QED) is 0.608. The lowest BCUT2D eigenvalue weighted by molar-refractivity contribution is 0.194. The Morgan fingerprint density at radius 3 is 2.35 bits per heavy atom. The lowest BCUT2D eigenvalue weighted by Crippen LogP contribution is -2.01. The van der Waals surface area contributed by atoms with Crippen molar-refractivity contribution >= 4 is 23.2 Å². The van der Waals surface area contributed by atoms with E-state index in [4.69, 9.17) is 27.9 Å². The number of methoxy groups -OCH3 is 1. The van der Waals surface area contributed by atoms with Crippen LogP contribution in [0.15, 0.2) is 24.3 Å². The van der Waals surface area contributed by atoms with Crippen molar-refractivity contribution in [1.29, 1.82) is 0 Å². The summed E-state index contributed by atoms with van der Waals surface area (Å²) < 4.78 is 5.01. The van der Waals surface area contributed by atoms with Crippen LogP contribution in [0.4, 0.5) is 0 Å². The summed E-state index contributed by atoms with van der Waals surface area (Å²) in [4.78, 5) is 8.68. The summed E-state index contributed by atoms with van der Waals surface area (Å²) in [5, 5.41) is 0.790. The fourth-order valence-electron chi connectivity index (χ4n) is 2.01. The van der Waals surface area contributed by atoms with E-state index in [0.29, 0.717) is 34.7 Å². The lowest BCUT2D eigenvalue weighted by atomic mass is 10.0. The fraction of sp³-hybridized carbons (Fsp3) is 0.333. The Bertz CT molecular complexity index is 579. The predicted octanol–water partition coefficient (Wildman–Crippen LogP) is 4.34. The van der Waals surface area contributed by atoms with Gasteiger partial charge in [-0.2, -0.15) is 0 Å². The molecule has 0 saturated carbocycles. The Balaban J connectivity index is 2.34. The monoisotopic (exact) mass is 310 g/mol. The number of ether oxygens (including phenoxy) is 1. The van der Waals surface area contributed by atoms with Gasteiger partial charge in [0.1, 0.15) is 16.1 Å². The number of benzene rings is 1. The van der Waals surface area contributed by atoms with Crippen molar-refractivity contribution in [2.45, 2.75) is 19.8 Å². The molecule has 0 fully saturated rings. The average molecular weight is 311 g/mol. The number of nitrogens with zero attached hydrogens (tertiary/aromatic N) is 2. The van der Waals surface area contributed by atoms with Crippen LogP contribution in [0.2, 0.25) is 10.3 Å². The van der Waals surface area contributed by atoms with Gasteiger partial charge in [-0.1, -0.05) is 47.5 Å². The molecule has 0 aliphatic carbocycles. The third-order valence-corrected chi connectivity index (χ3v) is 3.58. The van der Waals surface area contributed by atoms with Gasteiger partial charge >= 0.3 is 0 Å². The highest BCUT2D eigenvalue weighted by molar-refractivity contribution is 6.37. The maximum absolute atomic E-state index is 6.29. The predicted molar refractivity (Wildman–Crippen MR) is 82.4 cm³/mol. The van der Waals surface area contributed by atoms with Gasteiger partial charge in [0.05, 0.1) is 5.56 Å². The Labute approximate surface area is 128 Å². The Hall–Kier alpha value is -1.16. The maximum Gasteiger partial charge on any atom is 0.142 e. The van der Waals surface area contributed by atoms with E-state index in [0.717, 1.165) is 17.5 Å². The van der Waals surface area contributed by atoms with Crippen LogP contribution in [0.25, 0.3) is 11.1 Å². The van der Waals surface area contributed by atoms with E-state index >= 15 is 0 Å². The van der Waals surface area contributed by atoms with Gasteiger partial charge in [-0.25, -0.2) is 9.97 Å². The number of hydrogen-bond acceptors (Lipinski definition) is 3. The van der Waals surface area contributed by atoms with Crippen molar-refractivity contribution in [1.82, 2.24) is 9.97 Å². The second-order valence-corrected chi connectivity index (χ2v) is 5.22. The summed E-state index contributed by atoms with van der Waals surface area (Å²) in [6.07, 6.45) is 1.54. The fourth-order valence-corrected chi connectivity index (χ4v) is 2.64. The highest BCUT2D eigenvalue weighted by Crippen LogP contribution is 2.34. The molecule has 20 heavy (non-hydrogen) atoms. The molecule has 0 atom stereocenters. The molecule has 0 aliphatic heterocycles. The summed E-state index contributed by atoms with van der Waals surface area (Å²) in [6.45, 7) is 2.67. The van der Waals surface area contributed by atoms with E-state index in [1.54, 1.807) is 7.11 Å². The van der Waals surface area contributed by atoms with Crippen LogP contribution in [0.5, 0.6) is 0 Å². The van der Waals surface area contributed by atoms with E-state index < -0.39 is 0 Å². The average Bonchev–Trinajstić information content (AvgIpc) is 2.40. The minimum absolute atomic E-state index is 0.395. The van der Waals surface area contributed by atoms with E-state index in [-0.39, 0.29) is 0 Å². The van der Waals surface area contributed by atoms with E-state index in [1.165, 1.54) is 0 Å². The third-order valence-electron chi connectivity index (χ3n) is 3.03. The molecule has 0 radical (unpaired) electrons. The molecular formula is C15H16Cl2N2O. The van der Waals surface area contributed by atoms with Crippen molar-refractivity contribution in [3.63, 3.8) is 0 Å². The molecule has 0 bridgehead atoms. The third kappa shape index (κ3) is 3.48. The van der Waals surface area contributed by atoms with Gasteiger partial charge < -0.3 is 4.74 Å². The Kier molecular flexibility index (Phi) is 5.35. The minimum Gasteiger partial charge on any atom is -0.385 e. The topological polar surface area (TPSA) is 35.0 Å². The molecule has 0 N–H and O–H groups in total. The molecule has 3 nitrogen and oxygen atoms in total. The van der Waals surface area contributed by atoms with Crippen LogP contribution in [0.1, 0.15) is 17.8 Å². The molecule has 0 saturated heterocycles. The smallest absolute Gasteiger partial charge is 0.142 e. The zero-order valence-corrected chi connectivity index (χ0v) is 13.0. The molecule has 1 aromatic carbocycles. The van der Waals surface area contributed by atoms with E-state index in [2.05, 4.69) is 9.97 Å². The van der Waals surface area contributed by atoms with Crippen molar-refractivity contribution in [2.75, 3.05) is 13.7 Å². The first-order valence-corrected chi connectivity index (χ1v) is 7.16. The first-order valence-electron chi connectivity index (χ1n) is 6.40. The van der Waals surface area contributed by atoms with Crippen molar-refractivity contribution < 1.29 is 4.74 Å². The summed E-state index contributed by atoms with van der Waals surface area (Å²) in [6, 6.07) is 7.90. The van der Waals surface area contributed by atoms with Crippen molar-refractivity contribution in [3.8, 4) is 11.1 Å². The number of hydrogen-bond donors (Lipinski definition) is 0. The van der Waals surface area contributed by atoms with Crippen LogP contribution in [0.3, 0.4) is 0 Å². The molecule has 1 aromatic heterocycles. The molecule has 0 unspecified atom stereocenters. The maximum atomic E-state index is 6.29. The summed E-state index contributed by atoms with van der Waals surface area (Å²) in [7, 11) is 1.67. The SMILES string of the molecule is COCCCc1nc(Cl)c(-c2ccccc2C)c(Cl)n1. The van der Waals surface area contributed by atoms with E-state index in [9.17, 15) is 0 Å². The highest BCUT2D eigenvalue weighted by atomic mass is 35.5. The van der Waals surface area contributed by atoms with Crippen molar-refractivity contribution in [3.05, 3.63) is 46.0 Å². The molecule has 1 heterocycles. The highest BCUT2D eigenvalue weighted by Gasteiger charge is 2.15. The molecule has 5 heteroatoms. The van der Waals surface area contributed by atoms with Crippen molar-refractivity contribution in [2.24, 2.45) is 0 Å². The first kappa shape index (κ1) is 15.2. The second kappa shape index (κ2) is 7.02. The molecule has 0 aliphatic rings. The largest absolute Gasteiger partial charge is 0.385 e. The van der Waals surface area contributed by atoms with Gasteiger partial charge in [0.2, 0.25) is 0 Å². The van der Waals surface area contributed by atoms with Gasteiger partial charge in [0.15, 0.2) is 0 Å². The normalized spacial score (nSPS) is 10.8. The minimum atomic E-state index is 0.395. The van der Waals surface area contributed by atoms with Gasteiger partial charge in [0.25, 0.3) is 0 Å². The van der Waals surface area contributed by atoms with Gasteiger partial charge in [-0.05, 0) is 24.5 Å². The van der Waals surface area contributed by atoms with Gasteiger partial charge in [0, 0.05) is 20.1 Å². The van der Waals surface area contributed by atoms with Gasteiger partial charge in [-0.15, -0.1) is 0 Å². The Morgan fingerprint density at radius 2 is 1.75 bits per heavy atom. The summed E-state index contributed by atoms with van der Waals surface area (Å²) in [5.74, 6) is 0.648. The molecule has 0 amide bonds. The standard InChI is InChI=1S/C15H16Cl2N2O/c1-10-6-3-4-7-11(10)13-14(16)18-12(19-15(13)17)8-5-9-20-2/h3-4,6-7H,5,8-9H2,1-2H3. The zero-order valence-electron chi connectivity index (χ0n) is 11.5. The van der Waals surface area contributed by atoms with Crippen LogP contribution in [-0.4, -0.2) is 23.7 Å². The number of aryl methyl sites for hydroxylation is 2. The summed E-state index contributed by atoms with van der Waals surface area (Å²) >= 11 is 12.6. The zero-order chi connectivity index (χ0) is 14.5. The first-order chi connectivity index (χ1) is 9.63. The van der Waals surface area contributed by atoms with Crippen LogP contribution in [0, 0.1) is 6.92 Å². The van der Waals surface area contributed by atoms with Crippen LogP contribution in [-0.2, 0) is 11.2 Å². The van der Waals surface area contributed by atoms with E-state index in [1.807, 2.05) is 31.2 Å². The van der Waals surface area contributed by atoms with Gasteiger partial charge in [-0.3, -0.25) is 0 Å². The molecule has 2 rings (SSSR count). The Morgan fingerprint density at radius 1 is 1.10 bits per heavy atom. The summed E-state index contributed by atoms with van der Waals surface area (Å²) in [5.41, 5.74) is 2.75. The number of aromatic nitrogens is 2. The molecule has 0 spiro atoms. The molecule has 106 valence electrons. The number of rotatable bonds is 5. The lowest BCUT2D eigenvalue weighted by Gasteiger charge is -2.10.